The van der Waals surface area contributed by atoms with Crippen LogP contribution in [-0.2, 0) is 4.79 Å². The van der Waals surface area contributed by atoms with Crippen LogP contribution in [0.3, 0.4) is 0 Å². The summed E-state index contributed by atoms with van der Waals surface area (Å²) in [4.78, 5) is 32.4. The van der Waals surface area contributed by atoms with Crippen LogP contribution in [0.15, 0.2) is 116 Å². The van der Waals surface area contributed by atoms with Crippen molar-refractivity contribution in [2.75, 3.05) is 5.32 Å². The summed E-state index contributed by atoms with van der Waals surface area (Å²) >= 11 is 0. The second-order valence-electron chi connectivity index (χ2n) is 11.3. The summed E-state index contributed by atoms with van der Waals surface area (Å²) in [5, 5.41) is 16.2. The molecule has 0 bridgehead atoms. The standard InChI is InChI=1S/C39H23N7O2/c1-42-25-11-13-37-31(17-25)29-7-3-5-9-35(29)46(37)27-16-24(38-32(39(41)48)20-43-21-33(38)44-22-47)15-26(18-27)45-34-8-4-2-6-28(34)30-14-23(19-40)10-12-36(30)45/h2-18,20-22H,(H2,41,48)(H,44,47). The van der Waals surface area contributed by atoms with Crippen molar-refractivity contribution < 1.29 is 9.59 Å². The minimum Gasteiger partial charge on any atom is -0.366 e. The highest BCUT2D eigenvalue weighted by molar-refractivity contribution is 6.12. The predicted octanol–water partition coefficient (Wildman–Crippen LogP) is 8.03. The highest BCUT2D eigenvalue weighted by atomic mass is 16.1. The summed E-state index contributed by atoms with van der Waals surface area (Å²) in [6.07, 6.45) is 3.42. The van der Waals surface area contributed by atoms with Crippen molar-refractivity contribution in [3.63, 3.8) is 0 Å². The number of primary amides is 1. The summed E-state index contributed by atoms with van der Waals surface area (Å²) in [5.74, 6) is -0.691. The van der Waals surface area contributed by atoms with E-state index in [1.807, 2.05) is 84.9 Å². The molecule has 8 aromatic rings. The number of nitriles is 1. The van der Waals surface area contributed by atoms with Gasteiger partial charge in [-0.1, -0.05) is 42.5 Å². The van der Waals surface area contributed by atoms with Gasteiger partial charge in [0, 0.05) is 39.3 Å². The molecule has 0 unspecified atom stereocenters. The molecule has 0 atom stereocenters. The van der Waals surface area contributed by atoms with Crippen LogP contribution in [0.5, 0.6) is 0 Å². The Kier molecular flexibility index (Phi) is 6.47. The number of rotatable bonds is 6. The normalized spacial score (nSPS) is 11.1. The second-order valence-corrected chi connectivity index (χ2v) is 11.3. The molecule has 0 saturated carbocycles. The van der Waals surface area contributed by atoms with Gasteiger partial charge in [-0.05, 0) is 71.6 Å². The number of benzene rings is 5. The maximum absolute atomic E-state index is 12.8. The van der Waals surface area contributed by atoms with E-state index in [4.69, 9.17) is 12.3 Å². The molecule has 0 spiro atoms. The minimum absolute atomic E-state index is 0.148. The highest BCUT2D eigenvalue weighted by Gasteiger charge is 2.21. The number of nitrogens with one attached hydrogen (secondary N) is 1. The number of anilines is 1. The van der Waals surface area contributed by atoms with Crippen LogP contribution in [0.4, 0.5) is 11.4 Å². The van der Waals surface area contributed by atoms with Gasteiger partial charge >= 0.3 is 0 Å². The zero-order valence-corrected chi connectivity index (χ0v) is 25.2. The number of aromatic nitrogens is 3. The molecule has 8 rings (SSSR count). The van der Waals surface area contributed by atoms with Crippen molar-refractivity contribution in [1.82, 2.24) is 14.1 Å². The van der Waals surface area contributed by atoms with Crippen molar-refractivity contribution in [3.05, 3.63) is 138 Å². The first-order valence-electron chi connectivity index (χ1n) is 15.0. The lowest BCUT2D eigenvalue weighted by Gasteiger charge is -2.18. The third-order valence-corrected chi connectivity index (χ3v) is 8.72. The Morgan fingerprint density at radius 2 is 1.40 bits per heavy atom. The van der Waals surface area contributed by atoms with Crippen LogP contribution in [0, 0.1) is 17.9 Å². The smallest absolute Gasteiger partial charge is 0.250 e. The maximum atomic E-state index is 12.8. The van der Waals surface area contributed by atoms with E-state index >= 15 is 0 Å². The number of nitrogens with zero attached hydrogens (tertiary/aromatic N) is 5. The number of pyridine rings is 1. The third-order valence-electron chi connectivity index (χ3n) is 8.72. The molecular formula is C39H23N7O2. The molecule has 0 radical (unpaired) electrons. The van der Waals surface area contributed by atoms with Crippen LogP contribution >= 0.6 is 0 Å². The van der Waals surface area contributed by atoms with Gasteiger partial charge in [0.25, 0.3) is 5.91 Å². The van der Waals surface area contributed by atoms with Gasteiger partial charge in [-0.2, -0.15) is 5.26 Å². The second kappa shape index (κ2) is 11.0. The van der Waals surface area contributed by atoms with E-state index in [-0.39, 0.29) is 5.56 Å². The van der Waals surface area contributed by atoms with Crippen molar-refractivity contribution in [2.45, 2.75) is 0 Å². The van der Waals surface area contributed by atoms with Crippen LogP contribution in [0.2, 0.25) is 0 Å². The molecule has 2 amide bonds. The number of para-hydroxylation sites is 2. The zero-order valence-electron chi connectivity index (χ0n) is 25.2. The molecule has 48 heavy (non-hydrogen) atoms. The van der Waals surface area contributed by atoms with Gasteiger partial charge in [-0.25, -0.2) is 4.85 Å². The Labute approximate surface area is 273 Å². The Hall–Kier alpha value is -7.23. The number of fused-ring (bicyclic) bond motifs is 6. The molecule has 3 aromatic heterocycles. The van der Waals surface area contributed by atoms with Crippen molar-refractivity contribution in [2.24, 2.45) is 5.73 Å². The molecule has 9 nitrogen and oxygen atoms in total. The number of nitrogens with two attached hydrogens (primary N) is 1. The Morgan fingerprint density at radius 1 is 0.792 bits per heavy atom. The van der Waals surface area contributed by atoms with Crippen LogP contribution in [-0.4, -0.2) is 26.4 Å². The van der Waals surface area contributed by atoms with Crippen LogP contribution in [0.25, 0.3) is 71.0 Å². The fraction of sp³-hybridized carbons (Fsp3) is 0. The summed E-state index contributed by atoms with van der Waals surface area (Å²) in [6.45, 7) is 7.62. The van der Waals surface area contributed by atoms with E-state index < -0.39 is 5.91 Å². The van der Waals surface area contributed by atoms with Gasteiger partial charge in [-0.15, -0.1) is 0 Å². The molecule has 3 heterocycles. The first-order chi connectivity index (χ1) is 23.5. The number of carbonyl (C=O) groups is 2. The third kappa shape index (κ3) is 4.27. The van der Waals surface area contributed by atoms with E-state index in [1.54, 1.807) is 12.1 Å². The van der Waals surface area contributed by atoms with Gasteiger partial charge in [0.1, 0.15) is 0 Å². The quantitative estimate of drug-likeness (QED) is 0.144. The van der Waals surface area contributed by atoms with Crippen LogP contribution in [0.1, 0.15) is 15.9 Å². The molecule has 0 aliphatic rings. The maximum Gasteiger partial charge on any atom is 0.250 e. The van der Waals surface area contributed by atoms with E-state index in [0.717, 1.165) is 55.0 Å². The lowest BCUT2D eigenvalue weighted by Crippen LogP contribution is -2.14. The summed E-state index contributed by atoms with van der Waals surface area (Å²) in [7, 11) is 0. The van der Waals surface area contributed by atoms with Crippen molar-refractivity contribution >= 4 is 67.3 Å². The summed E-state index contributed by atoms with van der Waals surface area (Å²) in [6, 6.07) is 35.5. The molecule has 3 N–H and O–H groups in total. The molecule has 0 aliphatic heterocycles. The number of hydrogen-bond acceptors (Lipinski definition) is 4. The Balaban J connectivity index is 1.54. The predicted molar refractivity (Wildman–Crippen MR) is 188 cm³/mol. The SMILES string of the molecule is [C-]#[N+]c1ccc2c(c1)c1ccccc1n2-c1cc(-c2c(NC=O)cncc2C(N)=O)cc(-n2c3ccccc3c3cc(C#N)ccc32)c1. The summed E-state index contributed by atoms with van der Waals surface area (Å²) in [5.41, 5.74) is 13.7. The lowest BCUT2D eigenvalue weighted by molar-refractivity contribution is -0.105. The topological polar surface area (TPSA) is 123 Å². The molecule has 0 aliphatic carbocycles. The van der Waals surface area contributed by atoms with Gasteiger partial charge in [0.2, 0.25) is 6.41 Å². The monoisotopic (exact) mass is 621 g/mol. The fourth-order valence-electron chi connectivity index (χ4n) is 6.76. The Morgan fingerprint density at radius 3 is 2.00 bits per heavy atom. The molecule has 0 saturated heterocycles. The van der Waals surface area contributed by atoms with Gasteiger partial charge in [-0.3, -0.25) is 14.6 Å². The number of amides is 2. The zero-order chi connectivity index (χ0) is 32.9. The van der Waals surface area contributed by atoms with Gasteiger partial charge in [0.05, 0.1) is 57.7 Å². The molecule has 226 valence electrons. The van der Waals surface area contributed by atoms with E-state index in [9.17, 15) is 14.9 Å². The summed E-state index contributed by atoms with van der Waals surface area (Å²) < 4.78 is 4.26. The fourth-order valence-corrected chi connectivity index (χ4v) is 6.76. The Bertz CT molecular complexity index is 2590. The van der Waals surface area contributed by atoms with E-state index in [2.05, 4.69) is 36.4 Å². The molecule has 0 fully saturated rings. The van der Waals surface area contributed by atoms with Crippen LogP contribution < -0.4 is 11.1 Å². The lowest BCUT2D eigenvalue weighted by atomic mass is 9.98. The highest BCUT2D eigenvalue weighted by Crippen LogP contribution is 2.40. The average molecular weight is 622 g/mol. The minimum atomic E-state index is -0.691. The number of hydrogen-bond donors (Lipinski definition) is 2. The van der Waals surface area contributed by atoms with Crippen molar-refractivity contribution in [1.29, 1.82) is 5.26 Å². The molecule has 5 aromatic carbocycles. The van der Waals surface area contributed by atoms with E-state index in [0.29, 0.717) is 34.5 Å². The first kappa shape index (κ1) is 28.3. The molecule has 9 heteroatoms. The molecular weight excluding hydrogens is 598 g/mol. The first-order valence-corrected chi connectivity index (χ1v) is 15.0. The average Bonchev–Trinajstić information content (AvgIpc) is 3.63. The van der Waals surface area contributed by atoms with E-state index in [1.165, 1.54) is 12.4 Å². The largest absolute Gasteiger partial charge is 0.366 e. The van der Waals surface area contributed by atoms with Gasteiger partial charge in [0.15, 0.2) is 5.69 Å². The number of carbonyl (C=O) groups excluding carboxylic acids is 2. The van der Waals surface area contributed by atoms with Gasteiger partial charge < -0.3 is 20.2 Å². The van der Waals surface area contributed by atoms with Crippen molar-refractivity contribution in [3.8, 4) is 28.6 Å².